The van der Waals surface area contributed by atoms with Crippen LogP contribution in [0.3, 0.4) is 0 Å². The molecule has 0 saturated carbocycles. The van der Waals surface area contributed by atoms with Crippen molar-refractivity contribution in [3.63, 3.8) is 0 Å². The molecule has 1 aromatic heterocycles. The Kier molecular flexibility index (Phi) is 6.62. The monoisotopic (exact) mass is 493 g/mol. The van der Waals surface area contributed by atoms with Gasteiger partial charge >= 0.3 is 6.18 Å². The maximum atomic E-state index is 12.7. The topological polar surface area (TPSA) is 96.5 Å². The highest BCUT2D eigenvalue weighted by atomic mass is 32.2. The molecule has 2 N–H and O–H groups in total. The van der Waals surface area contributed by atoms with Crippen molar-refractivity contribution < 1.29 is 26.3 Å². The van der Waals surface area contributed by atoms with Gasteiger partial charge in [-0.2, -0.15) is 18.2 Å². The average molecular weight is 494 g/mol. The van der Waals surface area contributed by atoms with Crippen LogP contribution in [0.25, 0.3) is 0 Å². The van der Waals surface area contributed by atoms with Crippen LogP contribution in [0.5, 0.6) is 0 Å². The van der Waals surface area contributed by atoms with Crippen molar-refractivity contribution in [3.05, 3.63) is 65.9 Å². The number of benzene rings is 2. The number of hydrogen-bond donors (Lipinski definition) is 2. The zero-order valence-corrected chi connectivity index (χ0v) is 18.9. The summed E-state index contributed by atoms with van der Waals surface area (Å²) in [4.78, 5) is 10.8. The van der Waals surface area contributed by atoms with E-state index in [1.165, 1.54) is 12.1 Å². The molecule has 1 aliphatic rings. The highest BCUT2D eigenvalue weighted by Crippen LogP contribution is 2.30. The number of sulfonamides is 1. The molecule has 0 unspecified atom stereocenters. The van der Waals surface area contributed by atoms with E-state index >= 15 is 0 Å². The summed E-state index contributed by atoms with van der Waals surface area (Å²) in [5.41, 5.74) is 0.762. The number of nitrogens with zero attached hydrogens (tertiary/aromatic N) is 3. The third kappa shape index (κ3) is 5.75. The summed E-state index contributed by atoms with van der Waals surface area (Å²) in [7, 11) is -4.05. The molecular formula is C22H22F3N5O3S. The summed E-state index contributed by atoms with van der Waals surface area (Å²) >= 11 is 0. The number of ether oxygens (including phenoxy) is 1. The summed E-state index contributed by atoms with van der Waals surface area (Å²) in [6.07, 6.45) is -4.54. The van der Waals surface area contributed by atoms with E-state index in [1.54, 1.807) is 12.1 Å². The minimum atomic E-state index is -4.54. The number of aromatic nitrogens is 2. The number of halogens is 3. The molecule has 2 aromatic carbocycles. The van der Waals surface area contributed by atoms with Gasteiger partial charge in [-0.1, -0.05) is 0 Å². The summed E-state index contributed by atoms with van der Waals surface area (Å²) in [6, 6.07) is 11.5. The van der Waals surface area contributed by atoms with Crippen molar-refractivity contribution in [2.24, 2.45) is 0 Å². The third-order valence-electron chi connectivity index (χ3n) is 5.06. The smallest absolute Gasteiger partial charge is 0.378 e. The Labute approximate surface area is 194 Å². The molecule has 0 bridgehead atoms. The van der Waals surface area contributed by atoms with Gasteiger partial charge in [-0.15, -0.1) is 0 Å². The fourth-order valence-corrected chi connectivity index (χ4v) is 4.41. The fourth-order valence-electron chi connectivity index (χ4n) is 3.35. The Bertz CT molecular complexity index is 1240. The van der Waals surface area contributed by atoms with Crippen molar-refractivity contribution >= 4 is 33.2 Å². The predicted molar refractivity (Wildman–Crippen MR) is 122 cm³/mol. The molecule has 3 aromatic rings. The maximum Gasteiger partial charge on any atom is 0.416 e. The van der Waals surface area contributed by atoms with Gasteiger partial charge in [-0.05, 0) is 55.5 Å². The number of hydrogen-bond acceptors (Lipinski definition) is 7. The average Bonchev–Trinajstić information content (AvgIpc) is 2.80. The number of alkyl halides is 3. The first-order chi connectivity index (χ1) is 16.1. The van der Waals surface area contributed by atoms with E-state index in [-0.39, 0.29) is 10.6 Å². The molecule has 34 heavy (non-hydrogen) atoms. The Hall–Kier alpha value is -3.38. The number of anilines is 4. The second-order valence-electron chi connectivity index (χ2n) is 7.62. The van der Waals surface area contributed by atoms with Gasteiger partial charge in [0.1, 0.15) is 5.82 Å². The molecule has 1 aliphatic heterocycles. The molecule has 8 nitrogen and oxygen atoms in total. The van der Waals surface area contributed by atoms with Gasteiger partial charge in [0, 0.05) is 36.2 Å². The molecule has 1 fully saturated rings. The number of aryl methyl sites for hydroxylation is 1. The van der Waals surface area contributed by atoms with Crippen molar-refractivity contribution in [1.82, 2.24) is 9.97 Å². The van der Waals surface area contributed by atoms with Gasteiger partial charge in [-0.25, -0.2) is 13.4 Å². The predicted octanol–water partition coefficient (Wildman–Crippen LogP) is 4.18. The minimum absolute atomic E-state index is 0.254. The summed E-state index contributed by atoms with van der Waals surface area (Å²) in [6.45, 7) is 4.62. The van der Waals surface area contributed by atoms with Gasteiger partial charge in [0.15, 0.2) is 0 Å². The molecule has 1 saturated heterocycles. The standard InChI is InChI=1S/C22H22F3N5O3S/c1-15-14-20(30-10-12-33-13-11-30)28-21(26-15)27-17-4-6-18(7-5-17)29-34(31,32)19-8-2-16(3-9-19)22(23,24)25/h2-9,14,29H,10-13H2,1H3,(H,26,27,28). The second kappa shape index (κ2) is 9.47. The zero-order chi connectivity index (χ0) is 24.3. The SMILES string of the molecule is Cc1cc(N2CCOCC2)nc(Nc2ccc(NS(=O)(=O)c3ccc(C(F)(F)F)cc3)cc2)n1. The van der Waals surface area contributed by atoms with Crippen molar-refractivity contribution in [3.8, 4) is 0 Å². The lowest BCUT2D eigenvalue weighted by molar-refractivity contribution is -0.137. The van der Waals surface area contributed by atoms with Crippen molar-refractivity contribution in [1.29, 1.82) is 0 Å². The zero-order valence-electron chi connectivity index (χ0n) is 18.1. The highest BCUT2D eigenvalue weighted by molar-refractivity contribution is 7.92. The van der Waals surface area contributed by atoms with E-state index in [9.17, 15) is 21.6 Å². The normalized spacial score (nSPS) is 14.6. The quantitative estimate of drug-likeness (QED) is 0.532. The lowest BCUT2D eigenvalue weighted by Crippen LogP contribution is -2.36. The molecule has 2 heterocycles. The molecule has 0 aliphatic carbocycles. The van der Waals surface area contributed by atoms with Gasteiger partial charge in [0.25, 0.3) is 10.0 Å². The highest BCUT2D eigenvalue weighted by Gasteiger charge is 2.30. The lowest BCUT2D eigenvalue weighted by Gasteiger charge is -2.28. The van der Waals surface area contributed by atoms with Crippen LogP contribution >= 0.6 is 0 Å². The van der Waals surface area contributed by atoms with Crippen LogP contribution in [0.4, 0.5) is 36.3 Å². The van der Waals surface area contributed by atoms with Crippen LogP contribution in [0.2, 0.25) is 0 Å². The Morgan fingerprint density at radius 3 is 2.18 bits per heavy atom. The van der Waals surface area contributed by atoms with Crippen LogP contribution < -0.4 is 14.9 Å². The summed E-state index contributed by atoms with van der Waals surface area (Å²) in [5.74, 6) is 1.19. The van der Waals surface area contributed by atoms with Crippen molar-refractivity contribution in [2.45, 2.75) is 18.0 Å². The van der Waals surface area contributed by atoms with Gasteiger partial charge in [-0.3, -0.25) is 4.72 Å². The summed E-state index contributed by atoms with van der Waals surface area (Å²) < 4.78 is 70.9. The first-order valence-electron chi connectivity index (χ1n) is 10.4. The minimum Gasteiger partial charge on any atom is -0.378 e. The third-order valence-corrected chi connectivity index (χ3v) is 6.46. The van der Waals surface area contributed by atoms with E-state index in [0.29, 0.717) is 24.8 Å². The van der Waals surface area contributed by atoms with Crippen LogP contribution in [-0.2, 0) is 20.9 Å². The Morgan fingerprint density at radius 1 is 0.941 bits per heavy atom. The lowest BCUT2D eigenvalue weighted by atomic mass is 10.2. The van der Waals surface area contributed by atoms with Crippen LogP contribution in [0.15, 0.2) is 59.5 Å². The molecule has 0 amide bonds. The number of rotatable bonds is 6. The Morgan fingerprint density at radius 2 is 1.56 bits per heavy atom. The molecule has 0 spiro atoms. The van der Waals surface area contributed by atoms with E-state index < -0.39 is 21.8 Å². The molecule has 0 atom stereocenters. The van der Waals surface area contributed by atoms with E-state index in [2.05, 4.69) is 24.9 Å². The molecule has 0 radical (unpaired) electrons. The van der Waals surface area contributed by atoms with Crippen LogP contribution in [-0.4, -0.2) is 44.7 Å². The van der Waals surface area contributed by atoms with Gasteiger partial charge in [0.2, 0.25) is 5.95 Å². The largest absolute Gasteiger partial charge is 0.416 e. The molecule has 4 rings (SSSR count). The number of nitrogens with one attached hydrogen (secondary N) is 2. The fraction of sp³-hybridized carbons (Fsp3) is 0.273. The first-order valence-corrected chi connectivity index (χ1v) is 11.8. The second-order valence-corrected chi connectivity index (χ2v) is 9.30. The van der Waals surface area contributed by atoms with Crippen LogP contribution in [0.1, 0.15) is 11.3 Å². The van der Waals surface area contributed by atoms with E-state index in [1.807, 2.05) is 13.0 Å². The van der Waals surface area contributed by atoms with E-state index in [0.717, 1.165) is 48.9 Å². The van der Waals surface area contributed by atoms with Crippen molar-refractivity contribution in [2.75, 3.05) is 41.2 Å². The maximum absolute atomic E-state index is 12.7. The van der Waals surface area contributed by atoms with Gasteiger partial charge in [0.05, 0.1) is 23.7 Å². The van der Waals surface area contributed by atoms with E-state index in [4.69, 9.17) is 4.74 Å². The summed E-state index contributed by atoms with van der Waals surface area (Å²) in [5, 5.41) is 3.10. The molecule has 180 valence electrons. The Balaban J connectivity index is 1.45. The van der Waals surface area contributed by atoms with Crippen LogP contribution in [0, 0.1) is 6.92 Å². The first kappa shape index (κ1) is 23.8. The van der Waals surface area contributed by atoms with Gasteiger partial charge < -0.3 is 15.0 Å². The molecule has 12 heteroatoms. The molecular weight excluding hydrogens is 471 g/mol. The number of morpholine rings is 1.